The Morgan fingerprint density at radius 2 is 1.82 bits per heavy atom. The van der Waals surface area contributed by atoms with Crippen molar-refractivity contribution < 1.29 is 8.78 Å². The third-order valence-corrected chi connectivity index (χ3v) is 3.63. The summed E-state index contributed by atoms with van der Waals surface area (Å²) in [7, 11) is 0. The Bertz CT molecular complexity index is 347. The molecular formula is C15H22F2. The predicted molar refractivity (Wildman–Crippen MR) is 68.1 cm³/mol. The van der Waals surface area contributed by atoms with Gasteiger partial charge < -0.3 is 0 Å². The first-order valence-electron chi connectivity index (χ1n) is 6.55. The number of rotatable bonds is 6. The van der Waals surface area contributed by atoms with Crippen molar-refractivity contribution in [2.24, 2.45) is 5.92 Å². The zero-order chi connectivity index (χ0) is 12.8. The highest BCUT2D eigenvalue weighted by atomic mass is 19.2. The quantitative estimate of drug-likeness (QED) is 0.634. The molecule has 0 aliphatic carbocycles. The van der Waals surface area contributed by atoms with Crippen molar-refractivity contribution in [2.75, 3.05) is 0 Å². The zero-order valence-corrected chi connectivity index (χ0v) is 11.0. The summed E-state index contributed by atoms with van der Waals surface area (Å²) in [5, 5.41) is 0. The first kappa shape index (κ1) is 14.1. The molecule has 2 atom stereocenters. The van der Waals surface area contributed by atoms with Crippen LogP contribution in [0.4, 0.5) is 8.78 Å². The lowest BCUT2D eigenvalue weighted by Crippen LogP contribution is -2.10. The summed E-state index contributed by atoms with van der Waals surface area (Å²) in [5.74, 6) is -0.649. The predicted octanol–water partition coefficient (Wildman–Crippen LogP) is 5.28. The highest BCUT2D eigenvalue weighted by Gasteiger charge is 2.18. The van der Waals surface area contributed by atoms with E-state index in [-0.39, 0.29) is 0 Å². The molecule has 2 heteroatoms. The number of halogens is 2. The zero-order valence-electron chi connectivity index (χ0n) is 11.0. The lowest BCUT2D eigenvalue weighted by Gasteiger charge is -2.23. The van der Waals surface area contributed by atoms with Gasteiger partial charge >= 0.3 is 0 Å². The Labute approximate surface area is 103 Å². The molecule has 0 aliphatic heterocycles. The molecule has 2 unspecified atom stereocenters. The van der Waals surface area contributed by atoms with E-state index in [9.17, 15) is 8.78 Å². The second kappa shape index (κ2) is 6.73. The van der Waals surface area contributed by atoms with Gasteiger partial charge in [0.05, 0.1) is 0 Å². The normalized spacial score (nSPS) is 14.6. The molecule has 0 nitrogen and oxygen atoms in total. The van der Waals surface area contributed by atoms with Crippen LogP contribution in [0.25, 0.3) is 0 Å². The first-order valence-corrected chi connectivity index (χ1v) is 6.55. The molecule has 0 aromatic heterocycles. The van der Waals surface area contributed by atoms with Gasteiger partial charge in [0.25, 0.3) is 0 Å². The molecule has 0 radical (unpaired) electrons. The van der Waals surface area contributed by atoms with Crippen LogP contribution in [0.3, 0.4) is 0 Å². The van der Waals surface area contributed by atoms with Crippen LogP contribution >= 0.6 is 0 Å². The fourth-order valence-electron chi connectivity index (χ4n) is 2.34. The van der Waals surface area contributed by atoms with Gasteiger partial charge in [-0.2, -0.15) is 0 Å². The van der Waals surface area contributed by atoms with Gasteiger partial charge in [0, 0.05) is 0 Å². The SMILES string of the molecule is CCCCC(CC)C(C)c1ccc(F)c(F)c1. The summed E-state index contributed by atoms with van der Waals surface area (Å²) in [6, 6.07) is 4.28. The van der Waals surface area contributed by atoms with Crippen molar-refractivity contribution in [3.05, 3.63) is 35.4 Å². The fraction of sp³-hybridized carbons (Fsp3) is 0.600. The number of benzene rings is 1. The van der Waals surface area contributed by atoms with E-state index in [4.69, 9.17) is 0 Å². The van der Waals surface area contributed by atoms with E-state index in [1.54, 1.807) is 6.07 Å². The van der Waals surface area contributed by atoms with Crippen molar-refractivity contribution in [3.8, 4) is 0 Å². The molecule has 1 aromatic carbocycles. The average Bonchev–Trinajstić information content (AvgIpc) is 2.33. The Balaban J connectivity index is 2.78. The summed E-state index contributed by atoms with van der Waals surface area (Å²) in [6.07, 6.45) is 4.63. The van der Waals surface area contributed by atoms with E-state index >= 15 is 0 Å². The molecule has 0 amide bonds. The lowest BCUT2D eigenvalue weighted by atomic mass is 9.82. The first-order chi connectivity index (χ1) is 8.10. The van der Waals surface area contributed by atoms with E-state index < -0.39 is 11.6 Å². The summed E-state index contributed by atoms with van der Waals surface area (Å²) < 4.78 is 26.1. The van der Waals surface area contributed by atoms with Crippen LogP contribution in [0.5, 0.6) is 0 Å². The molecule has 0 heterocycles. The topological polar surface area (TPSA) is 0 Å². The highest BCUT2D eigenvalue weighted by molar-refractivity contribution is 5.21. The Morgan fingerprint density at radius 1 is 1.12 bits per heavy atom. The maximum absolute atomic E-state index is 13.2. The summed E-state index contributed by atoms with van der Waals surface area (Å²) in [4.78, 5) is 0. The van der Waals surface area contributed by atoms with Crippen LogP contribution in [0.15, 0.2) is 18.2 Å². The summed E-state index contributed by atoms with van der Waals surface area (Å²) in [6.45, 7) is 6.45. The standard InChI is InChI=1S/C15H22F2/c1-4-6-7-12(5-2)11(3)13-8-9-14(16)15(17)10-13/h8-12H,4-7H2,1-3H3. The molecule has 0 bridgehead atoms. The molecular weight excluding hydrogens is 218 g/mol. The van der Waals surface area contributed by atoms with Gasteiger partial charge in [-0.15, -0.1) is 0 Å². The maximum Gasteiger partial charge on any atom is 0.159 e. The molecule has 1 aromatic rings. The Morgan fingerprint density at radius 3 is 2.35 bits per heavy atom. The van der Waals surface area contributed by atoms with Crippen LogP contribution in [0.1, 0.15) is 57.9 Å². The lowest BCUT2D eigenvalue weighted by molar-refractivity contribution is 0.387. The second-order valence-corrected chi connectivity index (χ2v) is 4.77. The van der Waals surface area contributed by atoms with Crippen molar-refractivity contribution in [3.63, 3.8) is 0 Å². The smallest absolute Gasteiger partial charge is 0.159 e. The van der Waals surface area contributed by atoms with Gasteiger partial charge in [-0.3, -0.25) is 0 Å². The van der Waals surface area contributed by atoms with Gasteiger partial charge in [0.1, 0.15) is 0 Å². The van der Waals surface area contributed by atoms with Gasteiger partial charge in [-0.25, -0.2) is 8.78 Å². The maximum atomic E-state index is 13.2. The fourth-order valence-corrected chi connectivity index (χ4v) is 2.34. The third kappa shape index (κ3) is 3.79. The molecule has 17 heavy (non-hydrogen) atoms. The summed E-state index contributed by atoms with van der Waals surface area (Å²) >= 11 is 0. The molecule has 0 saturated carbocycles. The number of hydrogen-bond acceptors (Lipinski definition) is 0. The van der Waals surface area contributed by atoms with Crippen LogP contribution in [0, 0.1) is 17.6 Å². The van der Waals surface area contributed by atoms with Crippen LogP contribution < -0.4 is 0 Å². The molecule has 0 N–H and O–H groups in total. The molecule has 0 fully saturated rings. The molecule has 1 rings (SSSR count). The molecule has 0 spiro atoms. The minimum Gasteiger partial charge on any atom is -0.204 e. The van der Waals surface area contributed by atoms with Crippen LogP contribution in [0.2, 0.25) is 0 Å². The van der Waals surface area contributed by atoms with Crippen LogP contribution in [-0.2, 0) is 0 Å². The molecule has 0 saturated heterocycles. The van der Waals surface area contributed by atoms with Crippen molar-refractivity contribution in [2.45, 2.75) is 52.4 Å². The van der Waals surface area contributed by atoms with Gasteiger partial charge in [-0.05, 0) is 36.0 Å². The minimum absolute atomic E-state index is 0.293. The van der Waals surface area contributed by atoms with Gasteiger partial charge in [0.2, 0.25) is 0 Å². The van der Waals surface area contributed by atoms with E-state index in [2.05, 4.69) is 20.8 Å². The number of unbranched alkanes of at least 4 members (excludes halogenated alkanes) is 1. The van der Waals surface area contributed by atoms with E-state index in [1.165, 1.54) is 25.0 Å². The van der Waals surface area contributed by atoms with Gasteiger partial charge in [0.15, 0.2) is 11.6 Å². The van der Waals surface area contributed by atoms with Crippen LogP contribution in [-0.4, -0.2) is 0 Å². The molecule has 96 valence electrons. The third-order valence-electron chi connectivity index (χ3n) is 3.63. The Hall–Kier alpha value is -0.920. The average molecular weight is 240 g/mol. The van der Waals surface area contributed by atoms with Gasteiger partial charge in [-0.1, -0.05) is 46.1 Å². The highest BCUT2D eigenvalue weighted by Crippen LogP contribution is 2.31. The van der Waals surface area contributed by atoms with E-state index in [0.717, 1.165) is 18.4 Å². The largest absolute Gasteiger partial charge is 0.204 e. The van der Waals surface area contributed by atoms with E-state index in [0.29, 0.717) is 11.8 Å². The minimum atomic E-state index is -0.762. The Kier molecular flexibility index (Phi) is 5.60. The van der Waals surface area contributed by atoms with Crippen molar-refractivity contribution in [1.29, 1.82) is 0 Å². The monoisotopic (exact) mass is 240 g/mol. The van der Waals surface area contributed by atoms with Crippen molar-refractivity contribution >= 4 is 0 Å². The second-order valence-electron chi connectivity index (χ2n) is 4.77. The van der Waals surface area contributed by atoms with E-state index in [1.807, 2.05) is 0 Å². The van der Waals surface area contributed by atoms with Crippen molar-refractivity contribution in [1.82, 2.24) is 0 Å². The molecule has 0 aliphatic rings. The summed E-state index contributed by atoms with van der Waals surface area (Å²) in [5.41, 5.74) is 0.909. The number of hydrogen-bond donors (Lipinski definition) is 0.